The predicted molar refractivity (Wildman–Crippen MR) is 25.3 cm³/mol. The van der Waals surface area contributed by atoms with Crippen LogP contribution in [0.2, 0.25) is 0 Å². The summed E-state index contributed by atoms with van der Waals surface area (Å²) in [5.74, 6) is 0. The van der Waals surface area contributed by atoms with Crippen LogP contribution in [0.4, 0.5) is 9.41 Å². The van der Waals surface area contributed by atoms with Crippen molar-refractivity contribution in [1.82, 2.24) is 0 Å². The third-order valence-electron chi connectivity index (χ3n) is 0. The van der Waals surface area contributed by atoms with E-state index in [9.17, 15) is 0 Å². The van der Waals surface area contributed by atoms with Crippen LogP contribution in [0.1, 0.15) is 0 Å². The van der Waals surface area contributed by atoms with E-state index >= 15 is 0 Å². The summed E-state index contributed by atoms with van der Waals surface area (Å²) in [6.45, 7) is 0. The molecule has 5 heteroatoms. The number of rotatable bonds is 0. The van der Waals surface area contributed by atoms with Crippen LogP contribution in [0.15, 0.2) is 0 Å². The third kappa shape index (κ3) is 45.9. The van der Waals surface area contributed by atoms with Crippen LogP contribution in [0.25, 0.3) is 0 Å². The standard InChI is InChI=1S/2ClH.2FH.Ge/h4*1H;. The van der Waals surface area contributed by atoms with Gasteiger partial charge in [0, 0.05) is 17.6 Å². The Morgan fingerprint density at radius 3 is 0.600 bits per heavy atom. The first-order chi connectivity index (χ1) is 0. The van der Waals surface area contributed by atoms with Crippen LogP contribution in [-0.4, -0.2) is 17.6 Å². The molecule has 0 nitrogen and oxygen atoms in total. The molecule has 36 valence electrons. The molecule has 0 amide bonds. The Hall–Kier alpha value is 0.983. The molecule has 0 N–H and O–H groups in total. The Bertz CT molecular complexity index is 7.61. The molecule has 0 bridgehead atoms. The van der Waals surface area contributed by atoms with Crippen molar-refractivity contribution in [2.45, 2.75) is 0 Å². The zero-order chi connectivity index (χ0) is 0. The van der Waals surface area contributed by atoms with E-state index in [1.807, 2.05) is 0 Å². The van der Waals surface area contributed by atoms with E-state index in [1.54, 1.807) is 0 Å². The zero-order valence-corrected chi connectivity index (χ0v) is 5.86. The minimum absolute atomic E-state index is 0. The maximum absolute atomic E-state index is 0. The van der Waals surface area contributed by atoms with Gasteiger partial charge in [0.05, 0.1) is 0 Å². The normalized spacial score (nSPS) is 0. The van der Waals surface area contributed by atoms with Gasteiger partial charge in [-0.2, -0.15) is 0 Å². The van der Waals surface area contributed by atoms with Gasteiger partial charge in [0.2, 0.25) is 0 Å². The molecule has 0 atom stereocenters. The van der Waals surface area contributed by atoms with E-state index in [-0.39, 0.29) is 51.8 Å². The molecule has 4 radical (unpaired) electrons. The van der Waals surface area contributed by atoms with Gasteiger partial charge in [-0.1, -0.05) is 0 Å². The van der Waals surface area contributed by atoms with Crippen molar-refractivity contribution in [3.05, 3.63) is 0 Å². The molecular weight excluding hydrogens is 182 g/mol. The second-order valence-electron chi connectivity index (χ2n) is 0. The first kappa shape index (κ1) is 154. The Balaban J connectivity index is 0. The van der Waals surface area contributed by atoms with Crippen molar-refractivity contribution in [2.75, 3.05) is 0 Å². The molecule has 0 aromatic carbocycles. The molecule has 0 fully saturated rings. The molecule has 0 saturated heterocycles. The summed E-state index contributed by atoms with van der Waals surface area (Å²) >= 11 is 0. The van der Waals surface area contributed by atoms with Crippen LogP contribution >= 0.6 is 24.8 Å². The molecule has 0 rings (SSSR count). The zero-order valence-electron chi connectivity index (χ0n) is 2.13. The number of hydrogen-bond donors (Lipinski definition) is 0. The summed E-state index contributed by atoms with van der Waals surface area (Å²) in [6.07, 6.45) is 0. The van der Waals surface area contributed by atoms with Gasteiger partial charge in [-0.05, 0) is 0 Å². The van der Waals surface area contributed by atoms with Gasteiger partial charge < -0.3 is 0 Å². The Kier molecular flexibility index (Phi) is 2520. The minimum Gasteiger partial charge on any atom is -0.269 e. The molecule has 0 heterocycles. The summed E-state index contributed by atoms with van der Waals surface area (Å²) in [4.78, 5) is 0. The third-order valence-corrected chi connectivity index (χ3v) is 0. The fourth-order valence-electron chi connectivity index (χ4n) is 0. The Morgan fingerprint density at radius 2 is 0.600 bits per heavy atom. The van der Waals surface area contributed by atoms with Crippen LogP contribution in [-0.2, 0) is 0 Å². The van der Waals surface area contributed by atoms with Gasteiger partial charge in [-0.25, -0.2) is 0 Å². The second-order valence-corrected chi connectivity index (χ2v) is 0. The van der Waals surface area contributed by atoms with Gasteiger partial charge in [0.1, 0.15) is 0 Å². The Morgan fingerprint density at radius 1 is 0.600 bits per heavy atom. The first-order valence-electron chi connectivity index (χ1n) is 0. The predicted octanol–water partition coefficient (Wildman–Crippen LogP) is 0.768. The van der Waals surface area contributed by atoms with Gasteiger partial charge in [-0.3, -0.25) is 9.41 Å². The molecule has 0 spiro atoms. The van der Waals surface area contributed by atoms with E-state index < -0.39 is 0 Å². The molecule has 0 aromatic rings. The number of hydrogen-bond acceptors (Lipinski definition) is 0. The summed E-state index contributed by atoms with van der Waals surface area (Å²) in [7, 11) is 0. The largest absolute Gasteiger partial charge is 0.269 e. The maximum atomic E-state index is 0. The van der Waals surface area contributed by atoms with E-state index in [1.165, 1.54) is 0 Å². The molecular formula is H4Cl2F2Ge. The van der Waals surface area contributed by atoms with E-state index in [4.69, 9.17) is 0 Å². The van der Waals surface area contributed by atoms with Crippen LogP contribution in [0.5, 0.6) is 0 Å². The second kappa shape index (κ2) is 81.8. The van der Waals surface area contributed by atoms with Gasteiger partial charge in [-0.15, -0.1) is 24.8 Å². The summed E-state index contributed by atoms with van der Waals surface area (Å²) in [5, 5.41) is 0. The summed E-state index contributed by atoms with van der Waals surface area (Å²) < 4.78 is 0. The molecule has 5 heavy (non-hydrogen) atoms. The monoisotopic (exact) mass is 186 g/mol. The van der Waals surface area contributed by atoms with E-state index in [0.717, 1.165) is 0 Å². The van der Waals surface area contributed by atoms with Crippen molar-refractivity contribution in [1.29, 1.82) is 0 Å². The summed E-state index contributed by atoms with van der Waals surface area (Å²) in [5.41, 5.74) is 0. The quantitative estimate of drug-likeness (QED) is 0.489. The first-order valence-corrected chi connectivity index (χ1v) is 0. The van der Waals surface area contributed by atoms with E-state index in [0.29, 0.717) is 0 Å². The molecule has 0 aromatic heterocycles. The van der Waals surface area contributed by atoms with E-state index in [2.05, 4.69) is 0 Å². The molecule has 0 saturated carbocycles. The average Bonchev–Trinajstić information content (AvgIpc) is 0. The SMILES string of the molecule is Cl.Cl.F.F.[Ge]. The van der Waals surface area contributed by atoms with Crippen LogP contribution in [0.3, 0.4) is 0 Å². The topological polar surface area (TPSA) is 0 Å². The van der Waals surface area contributed by atoms with Crippen molar-refractivity contribution >= 4 is 42.4 Å². The molecule has 0 unspecified atom stereocenters. The minimum atomic E-state index is 0. The Labute approximate surface area is 52.2 Å². The molecule has 0 aliphatic carbocycles. The smallest absolute Gasteiger partial charge is 0 e. The molecule has 0 aliphatic heterocycles. The average molecular weight is 186 g/mol. The van der Waals surface area contributed by atoms with Crippen molar-refractivity contribution in [2.24, 2.45) is 0 Å². The van der Waals surface area contributed by atoms with Crippen molar-refractivity contribution in [3.63, 3.8) is 0 Å². The van der Waals surface area contributed by atoms with Gasteiger partial charge in [0.25, 0.3) is 0 Å². The van der Waals surface area contributed by atoms with Crippen LogP contribution in [0, 0.1) is 0 Å². The molecule has 0 aliphatic rings. The van der Waals surface area contributed by atoms with Crippen molar-refractivity contribution < 1.29 is 9.41 Å². The maximum Gasteiger partial charge on any atom is 0 e. The fraction of sp³-hybridized carbons (Fsp3) is 0. The van der Waals surface area contributed by atoms with Crippen LogP contribution < -0.4 is 0 Å². The summed E-state index contributed by atoms with van der Waals surface area (Å²) in [6, 6.07) is 0. The number of halogens is 4. The fourth-order valence-corrected chi connectivity index (χ4v) is 0. The van der Waals surface area contributed by atoms with Gasteiger partial charge in [0.15, 0.2) is 0 Å². The van der Waals surface area contributed by atoms with Gasteiger partial charge >= 0.3 is 0 Å². The van der Waals surface area contributed by atoms with Crippen molar-refractivity contribution in [3.8, 4) is 0 Å².